The number of aromatic carboxylic acids is 1. The van der Waals surface area contributed by atoms with Crippen LogP contribution in [0, 0.1) is 0 Å². The maximum Gasteiger partial charge on any atom is 0.336 e. The second-order valence-electron chi connectivity index (χ2n) is 21.6. The Bertz CT molecular complexity index is 3440. The second kappa shape index (κ2) is 37.4. The van der Waals surface area contributed by atoms with Crippen molar-refractivity contribution in [2.24, 2.45) is 22.2 Å². The summed E-state index contributed by atoms with van der Waals surface area (Å²) in [5.74, 6) is -12.6. The largest absolute Gasteiger partial charge is 0.508 e. The molecule has 1 aliphatic heterocycles. The maximum absolute atomic E-state index is 14.0. The van der Waals surface area contributed by atoms with E-state index in [9.17, 15) is 87.5 Å². The van der Waals surface area contributed by atoms with Crippen LogP contribution >= 0.6 is 0 Å². The number of nitrogens with zero attached hydrogens (tertiary/aromatic N) is 1. The molecule has 10 amide bonds. The number of hydrogen-bond donors (Lipinski definition) is 17. The quantitative estimate of drug-likeness (QED) is 0.0100. The number of aromatic hydroxyl groups is 1. The number of carboxylic acid groups (broad SMARTS) is 3. The van der Waals surface area contributed by atoms with Crippen molar-refractivity contribution in [1.82, 2.24) is 53.2 Å². The van der Waals surface area contributed by atoms with Gasteiger partial charge in [0.1, 0.15) is 59.9 Å². The molecule has 0 saturated heterocycles. The van der Waals surface area contributed by atoms with E-state index in [0.717, 1.165) is 13.0 Å². The normalized spacial score (nSPS) is 12.8. The van der Waals surface area contributed by atoms with Crippen LogP contribution < -0.4 is 75.8 Å². The molecule has 0 saturated carbocycles. The molecule has 6 atom stereocenters. The van der Waals surface area contributed by atoms with Gasteiger partial charge in [-0.1, -0.05) is 6.07 Å². The lowest BCUT2D eigenvalue weighted by Gasteiger charge is -2.24. The average Bonchev–Trinajstić information content (AvgIpc) is 0.756. The molecular formula is C60H80N14O19. The van der Waals surface area contributed by atoms with Gasteiger partial charge < -0.3 is 95.2 Å². The molecule has 2 aromatic carbocycles. The van der Waals surface area contributed by atoms with Gasteiger partial charge in [-0.05, 0) is 126 Å². The maximum atomic E-state index is 14.0. The van der Waals surface area contributed by atoms with Gasteiger partial charge in [0.15, 0.2) is 11.4 Å². The molecule has 93 heavy (non-hydrogen) atoms. The highest BCUT2D eigenvalue weighted by molar-refractivity contribution is 6.09. The van der Waals surface area contributed by atoms with E-state index in [2.05, 4.69) is 58.2 Å². The van der Waals surface area contributed by atoms with E-state index in [1.54, 1.807) is 0 Å². The van der Waals surface area contributed by atoms with E-state index in [1.165, 1.54) is 62.4 Å². The van der Waals surface area contributed by atoms with Crippen molar-refractivity contribution in [3.05, 3.63) is 75.9 Å². The topological polar surface area (TPSA) is 544 Å². The lowest BCUT2D eigenvalue weighted by Crippen LogP contribution is -2.56. The minimum Gasteiger partial charge on any atom is -0.508 e. The highest BCUT2D eigenvalue weighted by Gasteiger charge is 2.31. The summed E-state index contributed by atoms with van der Waals surface area (Å²) in [5, 5.41) is 64.5. The number of carbonyl (C=O) groups excluding carboxylic acids is 10. The molecule has 2 aliphatic rings. The molecule has 0 bridgehead atoms. The SMILES string of the molecule is CC(=O)N[C@@H](CCCN=C(N)N)C(=O)NCC(=O)N[C@@H](CC(=O)O)C(=O)N[C@@H](CCCCNC(=O)c1ccc(-c2c3ccc(=O)cc-3oc3cc(O)ccc23)c(C(=O)O)c1)C(=O)NCCCC[C@H](NC(=O)[C@@H](C)NC(=O)[C@@H](CCCCN)NC(C)=O)C(=O)NCC(=O)O. The Morgan fingerprint density at radius 1 is 0.548 bits per heavy atom. The molecule has 20 N–H and O–H groups in total. The first-order chi connectivity index (χ1) is 44.1. The number of hydrogen-bond acceptors (Lipinski definition) is 18. The summed E-state index contributed by atoms with van der Waals surface area (Å²) >= 11 is 0. The van der Waals surface area contributed by atoms with Crippen molar-refractivity contribution in [2.75, 3.05) is 39.3 Å². The van der Waals surface area contributed by atoms with Crippen molar-refractivity contribution >= 4 is 93.9 Å². The van der Waals surface area contributed by atoms with E-state index in [-0.39, 0.29) is 117 Å². The van der Waals surface area contributed by atoms with Gasteiger partial charge in [0.25, 0.3) is 5.91 Å². The van der Waals surface area contributed by atoms with Crippen LogP contribution in [0.4, 0.5) is 0 Å². The summed E-state index contributed by atoms with van der Waals surface area (Å²) in [6.45, 7) is 2.33. The summed E-state index contributed by atoms with van der Waals surface area (Å²) in [4.78, 5) is 183. The number of guanidine groups is 1. The van der Waals surface area contributed by atoms with Crippen LogP contribution in [0.5, 0.6) is 5.75 Å². The second-order valence-corrected chi connectivity index (χ2v) is 21.6. The minimum atomic E-state index is -1.84. The van der Waals surface area contributed by atoms with Crippen molar-refractivity contribution in [3.8, 4) is 28.2 Å². The molecule has 2 aromatic rings. The number of rotatable bonds is 39. The van der Waals surface area contributed by atoms with Gasteiger partial charge in [0, 0.05) is 67.7 Å². The van der Waals surface area contributed by atoms with Gasteiger partial charge in [0.05, 0.1) is 18.5 Å². The zero-order valence-corrected chi connectivity index (χ0v) is 51.5. The Labute approximate surface area is 532 Å². The van der Waals surface area contributed by atoms with Crippen LogP contribution in [0.1, 0.15) is 119 Å². The number of aliphatic imine (C=N–C) groups is 1. The number of aliphatic carboxylic acids is 2. The van der Waals surface area contributed by atoms with E-state index in [4.69, 9.17) is 21.6 Å². The predicted molar refractivity (Wildman–Crippen MR) is 334 cm³/mol. The minimum absolute atomic E-state index is 0.0436. The average molecular weight is 1300 g/mol. The third-order valence-corrected chi connectivity index (χ3v) is 14.0. The number of unbranched alkanes of at least 4 members (excludes halogenated alkanes) is 3. The van der Waals surface area contributed by atoms with Crippen LogP contribution in [0.15, 0.2) is 68.8 Å². The number of amides is 10. The third-order valence-electron chi connectivity index (χ3n) is 14.0. The van der Waals surface area contributed by atoms with Gasteiger partial charge in [-0.15, -0.1) is 0 Å². The lowest BCUT2D eigenvalue weighted by atomic mass is 9.90. The molecule has 0 radical (unpaired) electrons. The zero-order chi connectivity index (χ0) is 68.9. The van der Waals surface area contributed by atoms with Crippen LogP contribution in [0.25, 0.3) is 33.4 Å². The van der Waals surface area contributed by atoms with Gasteiger partial charge in [-0.3, -0.25) is 67.3 Å². The molecule has 1 heterocycles. The predicted octanol–water partition coefficient (Wildman–Crippen LogP) is -1.90. The smallest absolute Gasteiger partial charge is 0.336 e. The molecular weight excluding hydrogens is 1220 g/mol. The van der Waals surface area contributed by atoms with Gasteiger partial charge in [-0.2, -0.15) is 0 Å². The van der Waals surface area contributed by atoms with Crippen molar-refractivity contribution in [1.29, 1.82) is 0 Å². The van der Waals surface area contributed by atoms with Crippen LogP contribution in [-0.2, 0) is 52.7 Å². The highest BCUT2D eigenvalue weighted by atomic mass is 16.4. The Hall–Kier alpha value is -10.7. The Kier molecular flexibility index (Phi) is 30.1. The van der Waals surface area contributed by atoms with E-state index < -0.39 is 138 Å². The number of phenols is 1. The number of benzene rings is 3. The summed E-state index contributed by atoms with van der Waals surface area (Å²) < 4.78 is 5.89. The van der Waals surface area contributed by atoms with Crippen LogP contribution in [0.2, 0.25) is 0 Å². The van der Waals surface area contributed by atoms with E-state index in [0.29, 0.717) is 35.9 Å². The fourth-order valence-electron chi connectivity index (χ4n) is 9.53. The molecule has 0 unspecified atom stereocenters. The highest BCUT2D eigenvalue weighted by Crippen LogP contribution is 2.42. The summed E-state index contributed by atoms with van der Waals surface area (Å²) in [6, 6.07) is 4.05. The lowest BCUT2D eigenvalue weighted by molar-refractivity contribution is -0.141. The van der Waals surface area contributed by atoms with E-state index >= 15 is 0 Å². The first kappa shape index (κ1) is 74.7. The third kappa shape index (κ3) is 25.2. The molecule has 4 rings (SSSR count). The summed E-state index contributed by atoms with van der Waals surface area (Å²) in [6.07, 6.45) is 0.616. The first-order valence-electron chi connectivity index (χ1n) is 29.7. The van der Waals surface area contributed by atoms with Crippen molar-refractivity contribution in [2.45, 2.75) is 134 Å². The van der Waals surface area contributed by atoms with Gasteiger partial charge in [0.2, 0.25) is 53.2 Å². The Morgan fingerprint density at radius 2 is 1.10 bits per heavy atom. The first-order valence-corrected chi connectivity index (χ1v) is 29.7. The molecule has 504 valence electrons. The molecule has 0 spiro atoms. The number of nitrogens with two attached hydrogens (primary N) is 3. The van der Waals surface area contributed by atoms with Gasteiger partial charge >= 0.3 is 17.9 Å². The Morgan fingerprint density at radius 3 is 1.69 bits per heavy atom. The fraction of sp³-hybridized carbons (Fsp3) is 0.450. The standard InChI is InChI=1S/C60H80N14O19/c1-31(69-57(89)44(71-33(3)76)11-4-7-21-61)52(84)73-43(56(88)68-30-50(82)83)13-6-9-23-65-54(86)42(74-58(90)45(28-49(80)81)72-48(79)29-67-55(87)41(70-32(2)75)14-10-24-66-60(62)63)12-5-8-22-64-53(85)34-15-18-37(40(25-34)59(91)92)51-38-19-16-35(77)26-46(38)93-47-27-36(78)17-20-39(47)51/h15-20,25-27,31,41-45,77H,4-14,21-24,28-30,61H2,1-3H3,(H,64,85)(H,65,86)(H,67,87)(H,68,88)(H,69,89)(H,70,75)(H,71,76)(H,72,79)(H,73,84)(H,74,90)(H,80,81)(H,82,83)(H,91,92)(H4,62,63,66)/t31-,41+,42+,43+,44-,45+/m1/s1. The number of phenolic OH excluding ortho intramolecular Hbond substituents is 1. The number of nitrogens with one attached hydrogen (secondary N) is 10. The van der Waals surface area contributed by atoms with Crippen LogP contribution in [0.3, 0.4) is 0 Å². The summed E-state index contributed by atoms with van der Waals surface area (Å²) in [5.41, 5.74) is 16.5. The monoisotopic (exact) mass is 1300 g/mol. The zero-order valence-electron chi connectivity index (χ0n) is 51.5. The van der Waals surface area contributed by atoms with E-state index in [1.807, 2.05) is 0 Å². The number of carboxylic acids is 3. The molecule has 0 fully saturated rings. The Balaban J connectivity index is 1.50. The summed E-state index contributed by atoms with van der Waals surface area (Å²) in [7, 11) is 0. The molecule has 1 aliphatic carbocycles. The van der Waals surface area contributed by atoms with Gasteiger partial charge in [-0.25, -0.2) is 4.79 Å². The molecule has 33 heteroatoms. The molecule has 33 nitrogen and oxygen atoms in total. The number of carbonyl (C=O) groups is 13. The van der Waals surface area contributed by atoms with Crippen molar-refractivity contribution < 1.29 is 87.2 Å². The fourth-order valence-corrected chi connectivity index (χ4v) is 9.53. The van der Waals surface area contributed by atoms with Crippen LogP contribution in [-0.4, -0.2) is 179 Å². The molecule has 0 aromatic heterocycles. The number of fused-ring (bicyclic) bond motifs is 2. The van der Waals surface area contributed by atoms with Crippen molar-refractivity contribution in [3.63, 3.8) is 0 Å².